The van der Waals surface area contributed by atoms with Gasteiger partial charge in [-0.2, -0.15) is 0 Å². The van der Waals surface area contributed by atoms with Crippen LogP contribution in [-0.2, 0) is 16.2 Å². The Hall–Kier alpha value is -4.66. The third-order valence-corrected chi connectivity index (χ3v) is 5.08. The van der Waals surface area contributed by atoms with Crippen molar-refractivity contribution >= 4 is 23.4 Å². The maximum Gasteiger partial charge on any atom is 0.368 e. The molecule has 3 aromatic rings. The molecule has 0 saturated heterocycles. The van der Waals surface area contributed by atoms with Crippen LogP contribution in [-0.4, -0.2) is 23.4 Å². The molecule has 0 unspecified atom stereocenters. The van der Waals surface area contributed by atoms with Crippen LogP contribution in [0.15, 0.2) is 77.5 Å². The lowest BCUT2D eigenvalue weighted by Gasteiger charge is -2.07. The number of rotatable bonds is 6. The van der Waals surface area contributed by atoms with Gasteiger partial charge in [-0.15, -0.1) is 0 Å². The Kier molecular flexibility index (Phi) is 5.19. The van der Waals surface area contributed by atoms with Gasteiger partial charge in [-0.1, -0.05) is 17.3 Å². The topological polar surface area (TPSA) is 109 Å². The lowest BCUT2D eigenvalue weighted by molar-refractivity contribution is -0.384. The SMILES string of the molecule is O=C1ON=C(c2ccc3c(c2)OCO3)/C1=C/c1ccc(OCc2ccc([N+](=O)[O-])cc2)cc1. The zero-order valence-electron chi connectivity index (χ0n) is 17.1. The number of benzene rings is 3. The molecule has 5 rings (SSSR count). The molecule has 2 aliphatic rings. The molecule has 0 saturated carbocycles. The number of ether oxygens (including phenoxy) is 3. The molecule has 3 aromatic carbocycles. The van der Waals surface area contributed by atoms with Crippen molar-refractivity contribution in [2.75, 3.05) is 6.79 Å². The van der Waals surface area contributed by atoms with Gasteiger partial charge in [0.05, 0.1) is 10.5 Å². The van der Waals surface area contributed by atoms with Crippen LogP contribution >= 0.6 is 0 Å². The van der Waals surface area contributed by atoms with Crippen molar-refractivity contribution in [3.63, 3.8) is 0 Å². The van der Waals surface area contributed by atoms with E-state index in [1.807, 2.05) is 0 Å². The van der Waals surface area contributed by atoms with Crippen LogP contribution in [0, 0.1) is 10.1 Å². The minimum absolute atomic E-state index is 0.0326. The van der Waals surface area contributed by atoms with E-state index in [9.17, 15) is 14.9 Å². The lowest BCUT2D eigenvalue weighted by Crippen LogP contribution is -2.06. The fraction of sp³-hybridized carbons (Fsp3) is 0.0833. The van der Waals surface area contributed by atoms with Gasteiger partial charge in [-0.3, -0.25) is 10.1 Å². The molecular formula is C24H16N2O7. The summed E-state index contributed by atoms with van der Waals surface area (Å²) >= 11 is 0. The second-order valence-electron chi connectivity index (χ2n) is 7.23. The van der Waals surface area contributed by atoms with Gasteiger partial charge in [0.1, 0.15) is 18.1 Å². The molecule has 164 valence electrons. The fourth-order valence-corrected chi connectivity index (χ4v) is 3.37. The van der Waals surface area contributed by atoms with Crippen molar-refractivity contribution in [3.8, 4) is 17.2 Å². The van der Waals surface area contributed by atoms with E-state index in [0.29, 0.717) is 34.1 Å². The van der Waals surface area contributed by atoms with Gasteiger partial charge < -0.3 is 19.0 Å². The standard InChI is InChI=1S/C24H16N2O7/c27-24-20(23(25-33-24)17-5-10-21-22(12-17)32-14-31-21)11-15-3-8-19(9-4-15)30-13-16-1-6-18(7-2-16)26(28)29/h1-12H,13-14H2/b20-11-. The van der Waals surface area contributed by atoms with Gasteiger partial charge in [0.15, 0.2) is 11.5 Å². The number of fused-ring (bicyclic) bond motifs is 1. The van der Waals surface area contributed by atoms with E-state index in [2.05, 4.69) is 5.16 Å². The molecule has 0 aliphatic carbocycles. The molecule has 2 aliphatic heterocycles. The fourth-order valence-electron chi connectivity index (χ4n) is 3.37. The summed E-state index contributed by atoms with van der Waals surface area (Å²) in [5, 5.41) is 14.7. The predicted molar refractivity (Wildman–Crippen MR) is 117 cm³/mol. The largest absolute Gasteiger partial charge is 0.489 e. The first-order valence-corrected chi connectivity index (χ1v) is 9.94. The molecule has 33 heavy (non-hydrogen) atoms. The van der Waals surface area contributed by atoms with Crippen LogP contribution in [0.2, 0.25) is 0 Å². The first-order chi connectivity index (χ1) is 16.1. The van der Waals surface area contributed by atoms with E-state index in [1.54, 1.807) is 60.7 Å². The maximum absolute atomic E-state index is 12.3. The molecule has 0 bridgehead atoms. The summed E-state index contributed by atoms with van der Waals surface area (Å²) < 4.78 is 16.5. The zero-order chi connectivity index (χ0) is 22.8. The maximum atomic E-state index is 12.3. The summed E-state index contributed by atoms with van der Waals surface area (Å²) in [4.78, 5) is 27.5. The summed E-state index contributed by atoms with van der Waals surface area (Å²) in [5.74, 6) is 1.30. The second-order valence-corrected chi connectivity index (χ2v) is 7.23. The highest BCUT2D eigenvalue weighted by Gasteiger charge is 2.28. The number of non-ortho nitro benzene ring substituents is 1. The van der Waals surface area contributed by atoms with Crippen molar-refractivity contribution in [2.24, 2.45) is 5.16 Å². The summed E-state index contributed by atoms with van der Waals surface area (Å²) in [7, 11) is 0. The Morgan fingerprint density at radius 1 is 1.00 bits per heavy atom. The van der Waals surface area contributed by atoms with Crippen LogP contribution in [0.1, 0.15) is 16.7 Å². The van der Waals surface area contributed by atoms with E-state index in [-0.39, 0.29) is 19.1 Å². The van der Waals surface area contributed by atoms with Crippen molar-refractivity contribution in [2.45, 2.75) is 6.61 Å². The average Bonchev–Trinajstić information content (AvgIpc) is 3.45. The Morgan fingerprint density at radius 3 is 2.52 bits per heavy atom. The summed E-state index contributed by atoms with van der Waals surface area (Å²) in [6.45, 7) is 0.424. The van der Waals surface area contributed by atoms with Crippen LogP contribution in [0.25, 0.3) is 6.08 Å². The predicted octanol–water partition coefficient (Wildman–Crippen LogP) is 4.25. The van der Waals surface area contributed by atoms with Crippen molar-refractivity contribution in [1.29, 1.82) is 0 Å². The van der Waals surface area contributed by atoms with E-state index in [1.165, 1.54) is 12.1 Å². The molecule has 0 fully saturated rings. The average molecular weight is 444 g/mol. The van der Waals surface area contributed by atoms with Crippen LogP contribution in [0.5, 0.6) is 17.2 Å². The van der Waals surface area contributed by atoms with Gasteiger partial charge >= 0.3 is 5.97 Å². The Morgan fingerprint density at radius 2 is 1.76 bits per heavy atom. The highest BCUT2D eigenvalue weighted by atomic mass is 16.7. The third-order valence-electron chi connectivity index (χ3n) is 5.08. The quantitative estimate of drug-likeness (QED) is 0.242. The van der Waals surface area contributed by atoms with Gasteiger partial charge in [0.2, 0.25) is 6.79 Å². The molecular weight excluding hydrogens is 428 g/mol. The zero-order valence-corrected chi connectivity index (χ0v) is 17.1. The van der Waals surface area contributed by atoms with E-state index < -0.39 is 10.9 Å². The number of nitrogens with zero attached hydrogens (tertiary/aromatic N) is 2. The lowest BCUT2D eigenvalue weighted by atomic mass is 10.0. The number of carbonyl (C=O) groups excluding carboxylic acids is 1. The smallest absolute Gasteiger partial charge is 0.368 e. The number of oxime groups is 1. The minimum Gasteiger partial charge on any atom is -0.489 e. The Bertz CT molecular complexity index is 1300. The minimum atomic E-state index is -0.541. The van der Waals surface area contributed by atoms with Crippen LogP contribution in [0.4, 0.5) is 5.69 Å². The first kappa shape index (κ1) is 20.3. The highest BCUT2D eigenvalue weighted by molar-refractivity contribution is 6.31. The number of nitro groups is 1. The Balaban J connectivity index is 1.29. The molecule has 0 spiro atoms. The summed E-state index contributed by atoms with van der Waals surface area (Å²) in [6.07, 6.45) is 1.69. The van der Waals surface area contributed by atoms with E-state index >= 15 is 0 Å². The number of hydrogen-bond acceptors (Lipinski definition) is 8. The van der Waals surface area contributed by atoms with Crippen LogP contribution in [0.3, 0.4) is 0 Å². The molecule has 9 nitrogen and oxygen atoms in total. The molecule has 0 radical (unpaired) electrons. The van der Waals surface area contributed by atoms with Gasteiger partial charge in [-0.25, -0.2) is 4.79 Å². The normalized spacial score (nSPS) is 15.3. The van der Waals surface area contributed by atoms with Crippen molar-refractivity contribution < 1.29 is 28.8 Å². The van der Waals surface area contributed by atoms with E-state index in [4.69, 9.17) is 19.0 Å². The summed E-state index contributed by atoms with van der Waals surface area (Å²) in [5.41, 5.74) is 3.03. The van der Waals surface area contributed by atoms with E-state index in [0.717, 1.165) is 11.1 Å². The number of nitro benzene ring substituents is 1. The number of hydrogen-bond donors (Lipinski definition) is 0. The van der Waals surface area contributed by atoms with Gasteiger partial charge in [0.25, 0.3) is 5.69 Å². The third kappa shape index (κ3) is 4.24. The molecule has 0 atom stereocenters. The summed E-state index contributed by atoms with van der Waals surface area (Å²) in [6, 6.07) is 18.6. The van der Waals surface area contributed by atoms with Gasteiger partial charge in [-0.05, 0) is 59.7 Å². The monoisotopic (exact) mass is 444 g/mol. The molecule has 9 heteroatoms. The number of carbonyl (C=O) groups is 1. The second kappa shape index (κ2) is 8.46. The Labute approximate surface area is 187 Å². The van der Waals surface area contributed by atoms with Crippen LogP contribution < -0.4 is 14.2 Å². The molecule has 2 heterocycles. The van der Waals surface area contributed by atoms with Crippen molar-refractivity contribution in [1.82, 2.24) is 0 Å². The molecule has 0 aromatic heterocycles. The first-order valence-electron chi connectivity index (χ1n) is 9.94. The molecule has 0 amide bonds. The van der Waals surface area contributed by atoms with Gasteiger partial charge in [0, 0.05) is 17.7 Å². The van der Waals surface area contributed by atoms with Crippen molar-refractivity contribution in [3.05, 3.63) is 99.1 Å². The highest BCUT2D eigenvalue weighted by Crippen LogP contribution is 2.34. The molecule has 0 N–H and O–H groups in total.